The number of carbonyl (C=O) groups is 2. The van der Waals surface area contributed by atoms with Crippen molar-refractivity contribution in [3.8, 4) is 0 Å². The van der Waals surface area contributed by atoms with Crippen molar-refractivity contribution in [3.63, 3.8) is 0 Å². The Morgan fingerprint density at radius 1 is 0.852 bits per heavy atom. The molecule has 1 aliphatic heterocycles. The van der Waals surface area contributed by atoms with Crippen LogP contribution in [0.3, 0.4) is 0 Å². The second kappa shape index (κ2) is 7.65. The number of nitrogens with one attached hydrogen (secondary N) is 2. The van der Waals surface area contributed by atoms with Gasteiger partial charge in [0.2, 0.25) is 5.91 Å². The van der Waals surface area contributed by atoms with E-state index in [2.05, 4.69) is 20.5 Å². The summed E-state index contributed by atoms with van der Waals surface area (Å²) >= 11 is 0. The number of pyridine rings is 1. The van der Waals surface area contributed by atoms with Crippen molar-refractivity contribution >= 4 is 29.0 Å². The number of carbonyl (C=O) groups excluding carboxylic acids is 2. The molecule has 1 aromatic carbocycles. The van der Waals surface area contributed by atoms with E-state index in [0.29, 0.717) is 13.1 Å². The van der Waals surface area contributed by atoms with Gasteiger partial charge in [0.1, 0.15) is 0 Å². The fourth-order valence-corrected chi connectivity index (χ4v) is 3.15. The van der Waals surface area contributed by atoms with Gasteiger partial charge in [-0.05, 0) is 49.2 Å². The normalized spacial score (nSPS) is 16.7. The Morgan fingerprint density at radius 2 is 1.44 bits per heavy atom. The quantitative estimate of drug-likeness (QED) is 0.873. The Hall–Kier alpha value is -3.09. The molecule has 0 unspecified atom stereocenters. The summed E-state index contributed by atoms with van der Waals surface area (Å²) in [6, 6.07) is 11.1. The standard InChI is InChI=1S/C20H23N5O2/c26-19(15-1-2-15)22-16-3-5-17(6-4-16)23-20(27)25-13-11-24(12-14-25)18-7-9-21-10-8-18/h3-10,15H,1-2,11-14H2,(H,22,26)(H,23,27). The number of nitrogens with zero attached hydrogens (tertiary/aromatic N) is 3. The van der Waals surface area contributed by atoms with Crippen LogP contribution in [0.5, 0.6) is 0 Å². The first kappa shape index (κ1) is 17.3. The molecule has 0 atom stereocenters. The first-order valence-corrected chi connectivity index (χ1v) is 9.31. The van der Waals surface area contributed by atoms with E-state index in [1.165, 1.54) is 0 Å². The molecule has 7 heteroatoms. The van der Waals surface area contributed by atoms with Crippen LogP contribution in [-0.2, 0) is 4.79 Å². The lowest BCUT2D eigenvalue weighted by atomic mass is 10.2. The van der Waals surface area contributed by atoms with Gasteiger partial charge in [-0.3, -0.25) is 9.78 Å². The summed E-state index contributed by atoms with van der Waals surface area (Å²) in [6.45, 7) is 2.93. The molecule has 2 aliphatic rings. The summed E-state index contributed by atoms with van der Waals surface area (Å²) in [5.74, 6) is 0.258. The zero-order valence-corrected chi connectivity index (χ0v) is 15.1. The summed E-state index contributed by atoms with van der Waals surface area (Å²) in [6.07, 6.45) is 5.53. The largest absolute Gasteiger partial charge is 0.368 e. The van der Waals surface area contributed by atoms with Crippen LogP contribution in [0, 0.1) is 5.92 Å². The van der Waals surface area contributed by atoms with E-state index in [9.17, 15) is 9.59 Å². The molecule has 2 heterocycles. The van der Waals surface area contributed by atoms with Crippen molar-refractivity contribution in [2.45, 2.75) is 12.8 Å². The second-order valence-electron chi connectivity index (χ2n) is 6.95. The third kappa shape index (κ3) is 4.36. The van der Waals surface area contributed by atoms with Gasteiger partial charge in [-0.2, -0.15) is 0 Å². The highest BCUT2D eigenvalue weighted by molar-refractivity contribution is 5.94. The van der Waals surface area contributed by atoms with Crippen LogP contribution in [0.2, 0.25) is 0 Å². The van der Waals surface area contributed by atoms with Crippen LogP contribution in [0.1, 0.15) is 12.8 Å². The fourth-order valence-electron chi connectivity index (χ4n) is 3.15. The molecule has 1 aromatic heterocycles. The number of rotatable bonds is 4. The van der Waals surface area contributed by atoms with Crippen LogP contribution in [0.25, 0.3) is 0 Å². The van der Waals surface area contributed by atoms with Crippen molar-refractivity contribution < 1.29 is 9.59 Å². The number of anilines is 3. The predicted octanol–water partition coefficient (Wildman–Crippen LogP) is 2.78. The lowest BCUT2D eigenvalue weighted by Crippen LogP contribution is -2.50. The lowest BCUT2D eigenvalue weighted by molar-refractivity contribution is -0.117. The highest BCUT2D eigenvalue weighted by Gasteiger charge is 2.29. The molecule has 140 valence electrons. The minimum atomic E-state index is -0.0980. The van der Waals surface area contributed by atoms with Crippen LogP contribution in [0.4, 0.5) is 21.9 Å². The number of hydrogen-bond donors (Lipinski definition) is 2. The SMILES string of the molecule is O=C(Nc1ccc(NC(=O)N2CCN(c3ccncc3)CC2)cc1)C1CC1. The van der Waals surface area contributed by atoms with Crippen LogP contribution in [-0.4, -0.2) is 48.0 Å². The molecule has 0 bridgehead atoms. The summed E-state index contributed by atoms with van der Waals surface area (Å²) in [5, 5.41) is 5.82. The number of amides is 3. The summed E-state index contributed by atoms with van der Waals surface area (Å²) in [5.41, 5.74) is 2.62. The second-order valence-corrected chi connectivity index (χ2v) is 6.95. The molecule has 7 nitrogen and oxygen atoms in total. The van der Waals surface area contributed by atoms with Gasteiger partial charge in [-0.25, -0.2) is 4.79 Å². The number of aromatic nitrogens is 1. The molecule has 2 fully saturated rings. The zero-order chi connectivity index (χ0) is 18.6. The Balaban J connectivity index is 1.27. The third-order valence-electron chi connectivity index (χ3n) is 4.95. The Morgan fingerprint density at radius 3 is 2.04 bits per heavy atom. The maximum Gasteiger partial charge on any atom is 0.321 e. The van der Waals surface area contributed by atoms with Gasteiger partial charge in [-0.1, -0.05) is 0 Å². The molecule has 1 saturated carbocycles. The summed E-state index contributed by atoms with van der Waals surface area (Å²) in [7, 11) is 0. The minimum Gasteiger partial charge on any atom is -0.368 e. The molecule has 1 aliphatic carbocycles. The van der Waals surface area contributed by atoms with Gasteiger partial charge in [0.15, 0.2) is 0 Å². The Kier molecular flexibility index (Phi) is 4.91. The van der Waals surface area contributed by atoms with Gasteiger partial charge in [0.25, 0.3) is 0 Å². The Labute approximate surface area is 158 Å². The molecule has 27 heavy (non-hydrogen) atoms. The average Bonchev–Trinajstić information content (AvgIpc) is 3.56. The van der Waals surface area contributed by atoms with Crippen molar-refractivity contribution in [3.05, 3.63) is 48.8 Å². The molecular weight excluding hydrogens is 342 g/mol. The van der Waals surface area contributed by atoms with Crippen molar-refractivity contribution in [1.82, 2.24) is 9.88 Å². The fraction of sp³-hybridized carbons (Fsp3) is 0.350. The highest BCUT2D eigenvalue weighted by atomic mass is 16.2. The van der Waals surface area contributed by atoms with E-state index >= 15 is 0 Å². The van der Waals surface area contributed by atoms with Crippen molar-refractivity contribution in [1.29, 1.82) is 0 Å². The first-order chi connectivity index (χ1) is 13.2. The van der Waals surface area contributed by atoms with E-state index in [1.807, 2.05) is 41.3 Å². The minimum absolute atomic E-state index is 0.0823. The van der Waals surface area contributed by atoms with Crippen LogP contribution in [0.15, 0.2) is 48.8 Å². The first-order valence-electron chi connectivity index (χ1n) is 9.31. The molecule has 2 N–H and O–H groups in total. The van der Waals surface area contributed by atoms with Crippen LogP contribution < -0.4 is 15.5 Å². The predicted molar refractivity (Wildman–Crippen MR) is 105 cm³/mol. The molecule has 2 aromatic rings. The smallest absolute Gasteiger partial charge is 0.321 e. The van der Waals surface area contributed by atoms with E-state index < -0.39 is 0 Å². The van der Waals surface area contributed by atoms with Gasteiger partial charge >= 0.3 is 6.03 Å². The van der Waals surface area contributed by atoms with E-state index in [0.717, 1.165) is 43.0 Å². The maximum absolute atomic E-state index is 12.5. The van der Waals surface area contributed by atoms with Crippen molar-refractivity contribution in [2.75, 3.05) is 41.7 Å². The molecule has 0 spiro atoms. The number of piperazine rings is 1. The third-order valence-corrected chi connectivity index (χ3v) is 4.95. The van der Waals surface area contributed by atoms with Gasteiger partial charge in [-0.15, -0.1) is 0 Å². The van der Waals surface area contributed by atoms with Crippen LogP contribution >= 0.6 is 0 Å². The monoisotopic (exact) mass is 365 g/mol. The van der Waals surface area contributed by atoms with E-state index in [1.54, 1.807) is 12.4 Å². The average molecular weight is 365 g/mol. The molecular formula is C20H23N5O2. The maximum atomic E-state index is 12.5. The number of benzene rings is 1. The molecule has 3 amide bonds. The highest BCUT2D eigenvalue weighted by Crippen LogP contribution is 2.30. The lowest BCUT2D eigenvalue weighted by Gasteiger charge is -2.36. The van der Waals surface area contributed by atoms with E-state index in [-0.39, 0.29) is 17.9 Å². The molecule has 1 saturated heterocycles. The van der Waals surface area contributed by atoms with Gasteiger partial charge in [0, 0.05) is 61.6 Å². The molecule has 4 rings (SSSR count). The number of hydrogen-bond acceptors (Lipinski definition) is 4. The van der Waals surface area contributed by atoms with E-state index in [4.69, 9.17) is 0 Å². The topological polar surface area (TPSA) is 77.6 Å². The number of urea groups is 1. The molecule has 0 radical (unpaired) electrons. The summed E-state index contributed by atoms with van der Waals surface area (Å²) in [4.78, 5) is 32.4. The van der Waals surface area contributed by atoms with Crippen molar-refractivity contribution in [2.24, 2.45) is 5.92 Å². The summed E-state index contributed by atoms with van der Waals surface area (Å²) < 4.78 is 0. The Bertz CT molecular complexity index is 797. The zero-order valence-electron chi connectivity index (χ0n) is 15.1. The van der Waals surface area contributed by atoms with Gasteiger partial charge in [0.05, 0.1) is 0 Å². The van der Waals surface area contributed by atoms with Gasteiger partial charge < -0.3 is 20.4 Å².